The summed E-state index contributed by atoms with van der Waals surface area (Å²) in [6, 6.07) is 0. The second-order valence-electron chi connectivity index (χ2n) is 5.84. The van der Waals surface area contributed by atoms with Crippen LogP contribution in [0.5, 0.6) is 0 Å². The maximum absolute atomic E-state index is 11.5. The van der Waals surface area contributed by atoms with Crippen molar-refractivity contribution in [3.05, 3.63) is 0 Å². The Balaban J connectivity index is 3.86. The van der Waals surface area contributed by atoms with E-state index >= 15 is 0 Å². The molecule has 2 nitrogen and oxygen atoms in total. The van der Waals surface area contributed by atoms with Crippen LogP contribution in [0.1, 0.15) is 54.4 Å². The molecule has 0 bridgehead atoms. The van der Waals surface area contributed by atoms with Gasteiger partial charge in [0.2, 0.25) is 0 Å². The minimum Gasteiger partial charge on any atom is -0.299 e. The molecule has 0 aromatic carbocycles. The molecule has 0 spiro atoms. The molecule has 0 saturated carbocycles. The molecule has 4 heteroatoms. The molecule has 112 valence electrons. The first kappa shape index (κ1) is 19.0. The molecule has 0 rings (SSSR count). The Kier molecular flexibility index (Phi) is 9.08. The van der Waals surface area contributed by atoms with Gasteiger partial charge in [-0.1, -0.05) is 27.7 Å². The lowest BCUT2D eigenvalue weighted by Gasteiger charge is -2.23. The zero-order chi connectivity index (χ0) is 15.1. The first-order valence-electron chi connectivity index (χ1n) is 6.99. The van der Waals surface area contributed by atoms with Gasteiger partial charge >= 0.3 is 0 Å². The molecule has 0 fully saturated rings. The lowest BCUT2D eigenvalue weighted by Crippen LogP contribution is -2.15. The van der Waals surface area contributed by atoms with E-state index in [-0.39, 0.29) is 15.9 Å². The maximum Gasteiger partial charge on any atom is 0.136 e. The Bertz CT molecular complexity index is 269. The van der Waals surface area contributed by atoms with Crippen molar-refractivity contribution in [3.63, 3.8) is 0 Å². The van der Waals surface area contributed by atoms with E-state index in [1.165, 1.54) is 0 Å². The topological polar surface area (TPSA) is 34.1 Å². The largest absolute Gasteiger partial charge is 0.299 e. The van der Waals surface area contributed by atoms with Crippen molar-refractivity contribution in [1.82, 2.24) is 0 Å². The fourth-order valence-electron chi connectivity index (χ4n) is 1.41. The molecule has 0 N–H and O–H groups in total. The van der Waals surface area contributed by atoms with Crippen LogP contribution in [0.4, 0.5) is 0 Å². The summed E-state index contributed by atoms with van der Waals surface area (Å²) in [6.07, 6.45) is 1.30. The Labute approximate surface area is 126 Å². The van der Waals surface area contributed by atoms with Crippen molar-refractivity contribution >= 4 is 35.1 Å². The Morgan fingerprint density at radius 3 is 1.42 bits per heavy atom. The SMILES string of the molecule is CC(C)C(=O)CCSC(C)(C)SCCC(=O)C(C)C. The van der Waals surface area contributed by atoms with Crippen LogP contribution in [0, 0.1) is 11.8 Å². The van der Waals surface area contributed by atoms with E-state index in [2.05, 4.69) is 13.8 Å². The average Bonchev–Trinajstić information content (AvgIpc) is 2.27. The minimum atomic E-state index is 0.0779. The predicted octanol–water partition coefficient (Wildman–Crippen LogP) is 4.42. The zero-order valence-corrected chi connectivity index (χ0v) is 14.7. The molecule has 0 amide bonds. The number of carbonyl (C=O) groups is 2. The van der Waals surface area contributed by atoms with Crippen molar-refractivity contribution in [1.29, 1.82) is 0 Å². The van der Waals surface area contributed by atoms with Crippen LogP contribution in [0.15, 0.2) is 0 Å². The third-order valence-corrected chi connectivity index (χ3v) is 5.80. The van der Waals surface area contributed by atoms with Gasteiger partial charge in [0.05, 0.1) is 4.08 Å². The highest BCUT2D eigenvalue weighted by atomic mass is 32.2. The smallest absolute Gasteiger partial charge is 0.136 e. The number of thioether (sulfide) groups is 2. The Hall–Kier alpha value is 0.0400. The molecule has 19 heavy (non-hydrogen) atoms. The lowest BCUT2D eigenvalue weighted by atomic mass is 10.1. The van der Waals surface area contributed by atoms with Crippen LogP contribution >= 0.6 is 23.5 Å². The fourth-order valence-corrected chi connectivity index (χ4v) is 3.84. The van der Waals surface area contributed by atoms with Crippen molar-refractivity contribution < 1.29 is 9.59 Å². The van der Waals surface area contributed by atoms with Crippen molar-refractivity contribution in [2.24, 2.45) is 11.8 Å². The molecule has 0 saturated heterocycles. The predicted molar refractivity (Wildman–Crippen MR) is 87.9 cm³/mol. The van der Waals surface area contributed by atoms with Gasteiger partial charge in [0.25, 0.3) is 0 Å². The molecule has 0 aromatic heterocycles. The van der Waals surface area contributed by atoms with Gasteiger partial charge < -0.3 is 0 Å². The van der Waals surface area contributed by atoms with Gasteiger partial charge in [-0.15, -0.1) is 23.5 Å². The fraction of sp³-hybridized carbons (Fsp3) is 0.867. The van der Waals surface area contributed by atoms with Crippen LogP contribution in [-0.2, 0) is 9.59 Å². The maximum atomic E-state index is 11.5. The summed E-state index contributed by atoms with van der Waals surface area (Å²) < 4.78 is 0.0779. The van der Waals surface area contributed by atoms with Gasteiger partial charge in [-0.25, -0.2) is 0 Å². The van der Waals surface area contributed by atoms with E-state index in [9.17, 15) is 9.59 Å². The van der Waals surface area contributed by atoms with E-state index in [0.29, 0.717) is 24.4 Å². The van der Waals surface area contributed by atoms with Gasteiger partial charge in [0.1, 0.15) is 11.6 Å². The summed E-state index contributed by atoms with van der Waals surface area (Å²) in [4.78, 5) is 23.1. The highest BCUT2D eigenvalue weighted by molar-refractivity contribution is 8.18. The second-order valence-corrected chi connectivity index (χ2v) is 9.53. The number of ketones is 2. The lowest BCUT2D eigenvalue weighted by molar-refractivity contribution is -0.122. The van der Waals surface area contributed by atoms with Crippen molar-refractivity contribution in [2.45, 2.75) is 58.5 Å². The van der Waals surface area contributed by atoms with Crippen LogP contribution < -0.4 is 0 Å². The summed E-state index contributed by atoms with van der Waals surface area (Å²) in [6.45, 7) is 12.1. The van der Waals surface area contributed by atoms with E-state index in [0.717, 1.165) is 11.5 Å². The summed E-state index contributed by atoms with van der Waals surface area (Å²) in [5, 5.41) is 0. The van der Waals surface area contributed by atoms with Crippen LogP contribution in [0.3, 0.4) is 0 Å². The standard InChI is InChI=1S/C15H28O2S2/c1-11(2)13(16)7-9-18-15(5,6)19-10-8-14(17)12(3)4/h11-12H,7-10H2,1-6H3. The van der Waals surface area contributed by atoms with E-state index in [4.69, 9.17) is 0 Å². The van der Waals surface area contributed by atoms with E-state index in [1.54, 1.807) is 0 Å². The third kappa shape index (κ3) is 9.55. The molecule has 0 radical (unpaired) electrons. The minimum absolute atomic E-state index is 0.0779. The quantitative estimate of drug-likeness (QED) is 0.560. The van der Waals surface area contributed by atoms with Crippen LogP contribution in [0.25, 0.3) is 0 Å². The number of hydrogen-bond donors (Lipinski definition) is 0. The first-order chi connectivity index (χ1) is 8.65. The number of rotatable bonds is 10. The highest BCUT2D eigenvalue weighted by Crippen LogP contribution is 2.37. The summed E-state index contributed by atoms with van der Waals surface area (Å²) >= 11 is 3.63. The molecular formula is C15H28O2S2. The highest BCUT2D eigenvalue weighted by Gasteiger charge is 2.20. The van der Waals surface area contributed by atoms with Crippen molar-refractivity contribution in [3.8, 4) is 0 Å². The number of Topliss-reactive ketones (excluding diaryl/α,β-unsaturated/α-hetero) is 2. The normalized spacial score (nSPS) is 12.2. The van der Waals surface area contributed by atoms with E-state index in [1.807, 2.05) is 51.2 Å². The summed E-state index contributed by atoms with van der Waals surface area (Å²) in [5.74, 6) is 2.69. The van der Waals surface area contributed by atoms with Gasteiger partial charge in [-0.05, 0) is 13.8 Å². The second kappa shape index (κ2) is 9.06. The van der Waals surface area contributed by atoms with Gasteiger partial charge in [0.15, 0.2) is 0 Å². The molecule has 0 atom stereocenters. The molecule has 0 heterocycles. The first-order valence-corrected chi connectivity index (χ1v) is 8.96. The molecular weight excluding hydrogens is 276 g/mol. The van der Waals surface area contributed by atoms with E-state index < -0.39 is 0 Å². The van der Waals surface area contributed by atoms with Gasteiger partial charge in [-0.2, -0.15) is 0 Å². The Morgan fingerprint density at radius 1 is 0.842 bits per heavy atom. The molecule has 0 aliphatic carbocycles. The monoisotopic (exact) mass is 304 g/mol. The Morgan fingerprint density at radius 2 is 1.16 bits per heavy atom. The van der Waals surface area contributed by atoms with Gasteiger partial charge in [-0.3, -0.25) is 9.59 Å². The molecule has 0 aliphatic rings. The molecule has 0 aliphatic heterocycles. The number of hydrogen-bond acceptors (Lipinski definition) is 4. The number of carbonyl (C=O) groups excluding carboxylic acids is 2. The molecule has 0 aromatic rings. The van der Waals surface area contributed by atoms with Gasteiger partial charge in [0, 0.05) is 36.2 Å². The van der Waals surface area contributed by atoms with Crippen molar-refractivity contribution in [2.75, 3.05) is 11.5 Å². The van der Waals surface area contributed by atoms with Crippen LogP contribution in [0.2, 0.25) is 0 Å². The summed E-state index contributed by atoms with van der Waals surface area (Å²) in [7, 11) is 0. The average molecular weight is 305 g/mol. The third-order valence-electron chi connectivity index (χ3n) is 2.88. The zero-order valence-electron chi connectivity index (χ0n) is 13.1. The summed E-state index contributed by atoms with van der Waals surface area (Å²) in [5.41, 5.74) is 0. The van der Waals surface area contributed by atoms with Crippen LogP contribution in [-0.4, -0.2) is 27.2 Å². The molecule has 0 unspecified atom stereocenters.